The zero-order valence-electron chi connectivity index (χ0n) is 12.2. The molecule has 0 atom stereocenters. The third-order valence-electron chi connectivity index (χ3n) is 3.77. The summed E-state index contributed by atoms with van der Waals surface area (Å²) in [5, 5.41) is 17.8. The summed E-state index contributed by atoms with van der Waals surface area (Å²) >= 11 is 6.18. The summed E-state index contributed by atoms with van der Waals surface area (Å²) in [4.78, 5) is 14.3. The van der Waals surface area contributed by atoms with Gasteiger partial charge in [0.1, 0.15) is 0 Å². The molecule has 1 aromatic carbocycles. The summed E-state index contributed by atoms with van der Waals surface area (Å²) in [6, 6.07) is 7.49. The van der Waals surface area contributed by atoms with E-state index in [9.17, 15) is 4.79 Å². The summed E-state index contributed by atoms with van der Waals surface area (Å²) < 4.78 is 1.57. The van der Waals surface area contributed by atoms with E-state index in [2.05, 4.69) is 10.3 Å². The van der Waals surface area contributed by atoms with Gasteiger partial charge in [-0.15, -0.1) is 5.10 Å². The molecule has 1 aliphatic carbocycles. The van der Waals surface area contributed by atoms with E-state index < -0.39 is 0 Å². The molecule has 0 unspecified atom stereocenters. The van der Waals surface area contributed by atoms with Gasteiger partial charge in [0, 0.05) is 12.6 Å². The molecule has 0 spiro atoms. The first-order valence-electron chi connectivity index (χ1n) is 7.22. The molecule has 1 heterocycles. The van der Waals surface area contributed by atoms with Gasteiger partial charge in [-0.2, -0.15) is 0 Å². The van der Waals surface area contributed by atoms with Crippen molar-refractivity contribution in [3.63, 3.8) is 0 Å². The average molecular weight is 321 g/mol. The van der Waals surface area contributed by atoms with E-state index in [1.165, 1.54) is 0 Å². The van der Waals surface area contributed by atoms with Crippen molar-refractivity contribution in [1.82, 2.24) is 19.9 Å². The molecule has 1 fully saturated rings. The molecule has 7 heteroatoms. The number of aromatic nitrogens is 3. The average Bonchev–Trinajstić information content (AvgIpc) is 3.28. The van der Waals surface area contributed by atoms with Crippen molar-refractivity contribution >= 4 is 17.5 Å². The number of amides is 1. The van der Waals surface area contributed by atoms with Crippen molar-refractivity contribution in [2.75, 3.05) is 13.2 Å². The van der Waals surface area contributed by atoms with Crippen LogP contribution in [0.4, 0.5) is 0 Å². The Morgan fingerprint density at radius 1 is 1.45 bits per heavy atom. The maximum Gasteiger partial charge on any atom is 0.276 e. The lowest BCUT2D eigenvalue weighted by Gasteiger charge is -2.20. The highest BCUT2D eigenvalue weighted by Crippen LogP contribution is 2.28. The number of aliphatic hydroxyl groups is 1. The summed E-state index contributed by atoms with van der Waals surface area (Å²) in [5.41, 5.74) is 1.63. The Hall–Kier alpha value is -1.92. The standard InChI is InChI=1S/C15H17ClN4O2/c1-10-14(15(22)19(8-9-21)11-6-7-11)17-18-20(10)13-5-3-2-4-12(13)16/h2-5,11,21H,6-9H2,1H3. The van der Waals surface area contributed by atoms with Gasteiger partial charge in [-0.1, -0.05) is 28.9 Å². The largest absolute Gasteiger partial charge is 0.395 e. The molecule has 0 bridgehead atoms. The van der Waals surface area contributed by atoms with Crippen LogP contribution in [0, 0.1) is 6.92 Å². The van der Waals surface area contributed by atoms with Crippen LogP contribution in [0.5, 0.6) is 0 Å². The highest BCUT2D eigenvalue weighted by molar-refractivity contribution is 6.32. The molecule has 0 radical (unpaired) electrons. The fraction of sp³-hybridized carbons (Fsp3) is 0.400. The Labute approximate surface area is 133 Å². The van der Waals surface area contributed by atoms with E-state index in [0.29, 0.717) is 28.6 Å². The van der Waals surface area contributed by atoms with Gasteiger partial charge < -0.3 is 10.0 Å². The van der Waals surface area contributed by atoms with Crippen LogP contribution in [-0.4, -0.2) is 50.1 Å². The minimum Gasteiger partial charge on any atom is -0.395 e. The minimum absolute atomic E-state index is 0.0556. The van der Waals surface area contributed by atoms with Crippen molar-refractivity contribution < 1.29 is 9.90 Å². The van der Waals surface area contributed by atoms with Crippen LogP contribution in [0.15, 0.2) is 24.3 Å². The van der Waals surface area contributed by atoms with E-state index in [1.54, 1.807) is 22.6 Å². The number of hydrogen-bond donors (Lipinski definition) is 1. The molecule has 1 saturated carbocycles. The number of halogens is 1. The molecule has 0 aliphatic heterocycles. The lowest BCUT2D eigenvalue weighted by molar-refractivity contribution is 0.0701. The lowest BCUT2D eigenvalue weighted by Crippen LogP contribution is -2.36. The number of carbonyl (C=O) groups excluding carboxylic acids is 1. The molecule has 6 nitrogen and oxygen atoms in total. The highest BCUT2D eigenvalue weighted by atomic mass is 35.5. The number of hydrogen-bond acceptors (Lipinski definition) is 4. The maximum absolute atomic E-state index is 12.6. The number of para-hydroxylation sites is 1. The van der Waals surface area contributed by atoms with Crippen molar-refractivity contribution in [3.8, 4) is 5.69 Å². The van der Waals surface area contributed by atoms with Gasteiger partial charge in [0.15, 0.2) is 5.69 Å². The van der Waals surface area contributed by atoms with E-state index in [4.69, 9.17) is 16.7 Å². The zero-order valence-corrected chi connectivity index (χ0v) is 13.0. The number of benzene rings is 1. The second-order valence-electron chi connectivity index (χ2n) is 5.34. The summed E-state index contributed by atoms with van der Waals surface area (Å²) in [6.07, 6.45) is 1.95. The quantitative estimate of drug-likeness (QED) is 0.912. The van der Waals surface area contributed by atoms with Gasteiger partial charge >= 0.3 is 0 Å². The zero-order chi connectivity index (χ0) is 15.7. The van der Waals surface area contributed by atoms with Gasteiger partial charge in [0.25, 0.3) is 5.91 Å². The van der Waals surface area contributed by atoms with Gasteiger partial charge in [-0.25, -0.2) is 4.68 Å². The fourth-order valence-corrected chi connectivity index (χ4v) is 2.67. The lowest BCUT2D eigenvalue weighted by atomic mass is 10.2. The Balaban J connectivity index is 1.93. The molecule has 22 heavy (non-hydrogen) atoms. The third kappa shape index (κ3) is 2.71. The monoisotopic (exact) mass is 320 g/mol. The van der Waals surface area contributed by atoms with Crippen LogP contribution < -0.4 is 0 Å². The summed E-state index contributed by atoms with van der Waals surface area (Å²) in [7, 11) is 0. The summed E-state index contributed by atoms with van der Waals surface area (Å²) in [6.45, 7) is 2.06. The number of aliphatic hydroxyl groups excluding tert-OH is 1. The van der Waals surface area contributed by atoms with Gasteiger partial charge in [0.2, 0.25) is 0 Å². The second-order valence-corrected chi connectivity index (χ2v) is 5.75. The fourth-order valence-electron chi connectivity index (χ4n) is 2.46. The van der Waals surface area contributed by atoms with Crippen molar-refractivity contribution in [2.24, 2.45) is 0 Å². The SMILES string of the molecule is Cc1c(C(=O)N(CCO)C2CC2)nnn1-c1ccccc1Cl. The minimum atomic E-state index is -0.188. The van der Waals surface area contributed by atoms with Crippen molar-refractivity contribution in [2.45, 2.75) is 25.8 Å². The smallest absolute Gasteiger partial charge is 0.276 e. The Morgan fingerprint density at radius 2 is 2.18 bits per heavy atom. The first-order valence-corrected chi connectivity index (χ1v) is 7.60. The van der Waals surface area contributed by atoms with Gasteiger partial charge in [-0.3, -0.25) is 4.79 Å². The van der Waals surface area contributed by atoms with E-state index in [0.717, 1.165) is 12.8 Å². The molecule has 3 rings (SSSR count). The molecular weight excluding hydrogens is 304 g/mol. The normalized spacial score (nSPS) is 14.1. The first kappa shape index (κ1) is 15.0. The van der Waals surface area contributed by atoms with Crippen LogP contribution >= 0.6 is 11.6 Å². The van der Waals surface area contributed by atoms with Gasteiger partial charge in [-0.05, 0) is 31.9 Å². The van der Waals surface area contributed by atoms with E-state index in [-0.39, 0.29) is 18.6 Å². The Morgan fingerprint density at radius 3 is 2.82 bits per heavy atom. The molecule has 1 aromatic heterocycles. The predicted molar refractivity (Wildman–Crippen MR) is 82.3 cm³/mol. The first-order chi connectivity index (χ1) is 10.6. The molecule has 2 aromatic rings. The van der Waals surface area contributed by atoms with Crippen LogP contribution in [0.25, 0.3) is 5.69 Å². The van der Waals surface area contributed by atoms with E-state index in [1.807, 2.05) is 18.2 Å². The van der Waals surface area contributed by atoms with Crippen LogP contribution in [0.1, 0.15) is 29.0 Å². The Bertz CT molecular complexity index is 697. The molecule has 0 saturated heterocycles. The molecule has 1 N–H and O–H groups in total. The van der Waals surface area contributed by atoms with Crippen LogP contribution in [-0.2, 0) is 0 Å². The van der Waals surface area contributed by atoms with Crippen LogP contribution in [0.2, 0.25) is 5.02 Å². The summed E-state index contributed by atoms with van der Waals surface area (Å²) in [5.74, 6) is -0.188. The molecule has 1 aliphatic rings. The van der Waals surface area contributed by atoms with Gasteiger partial charge in [0.05, 0.1) is 23.0 Å². The molecule has 1 amide bonds. The number of nitrogens with zero attached hydrogens (tertiary/aromatic N) is 4. The predicted octanol–water partition coefficient (Wildman–Crippen LogP) is 1.83. The number of rotatable bonds is 5. The third-order valence-corrected chi connectivity index (χ3v) is 4.09. The van der Waals surface area contributed by atoms with Crippen LogP contribution in [0.3, 0.4) is 0 Å². The topological polar surface area (TPSA) is 71.2 Å². The van der Waals surface area contributed by atoms with E-state index >= 15 is 0 Å². The highest BCUT2D eigenvalue weighted by Gasteiger charge is 2.34. The second kappa shape index (κ2) is 6.06. The van der Waals surface area contributed by atoms with Crippen molar-refractivity contribution in [1.29, 1.82) is 0 Å². The van der Waals surface area contributed by atoms with Crippen molar-refractivity contribution in [3.05, 3.63) is 40.7 Å². The maximum atomic E-state index is 12.6. The molecular formula is C15H17ClN4O2. The Kier molecular flexibility index (Phi) is 4.13. The molecule has 116 valence electrons. The number of carbonyl (C=O) groups is 1.